The zero-order valence-corrected chi connectivity index (χ0v) is 10.6. The van der Waals surface area contributed by atoms with Crippen LogP contribution in [0.3, 0.4) is 0 Å². The number of amides is 2. The normalized spacial score (nSPS) is 14.6. The van der Waals surface area contributed by atoms with Gasteiger partial charge in [-0.1, -0.05) is 0 Å². The lowest BCUT2D eigenvalue weighted by molar-refractivity contribution is -0.114. The Hall–Kier alpha value is -1.95. The Morgan fingerprint density at radius 1 is 1.42 bits per heavy atom. The minimum absolute atomic E-state index is 0.0569. The Morgan fingerprint density at radius 3 is 2.74 bits per heavy atom. The molecule has 0 unspecified atom stereocenters. The van der Waals surface area contributed by atoms with Crippen LogP contribution < -0.4 is 16.0 Å². The number of benzene rings is 1. The van der Waals surface area contributed by atoms with Crippen molar-refractivity contribution in [3.05, 3.63) is 29.6 Å². The summed E-state index contributed by atoms with van der Waals surface area (Å²) in [6.07, 6.45) is 0. The molecule has 1 aromatic rings. The molecule has 1 saturated heterocycles. The van der Waals surface area contributed by atoms with Crippen molar-refractivity contribution in [2.45, 2.75) is 6.92 Å². The largest absolute Gasteiger partial charge is 0.352 e. The van der Waals surface area contributed by atoms with Crippen molar-refractivity contribution in [1.82, 2.24) is 10.6 Å². The number of anilines is 1. The second-order valence-corrected chi connectivity index (χ2v) is 4.61. The monoisotopic (exact) mass is 265 g/mol. The summed E-state index contributed by atoms with van der Waals surface area (Å²) in [5.74, 6) is -0.918. The Labute approximate surface area is 110 Å². The highest BCUT2D eigenvalue weighted by molar-refractivity contribution is 5.97. The third kappa shape index (κ3) is 3.51. The molecule has 1 fully saturated rings. The Bertz CT molecular complexity index is 501. The summed E-state index contributed by atoms with van der Waals surface area (Å²) in [4.78, 5) is 22.8. The SMILES string of the molecule is CC(=O)Nc1ccc(F)c(C(=O)NCC2CNC2)c1. The van der Waals surface area contributed by atoms with E-state index in [1.54, 1.807) is 0 Å². The Morgan fingerprint density at radius 2 is 2.16 bits per heavy atom. The van der Waals surface area contributed by atoms with Gasteiger partial charge in [0.15, 0.2) is 0 Å². The van der Waals surface area contributed by atoms with Gasteiger partial charge in [0.2, 0.25) is 5.91 Å². The molecule has 3 N–H and O–H groups in total. The number of halogens is 1. The molecule has 6 heteroatoms. The molecule has 0 radical (unpaired) electrons. The number of rotatable bonds is 4. The van der Waals surface area contributed by atoms with E-state index < -0.39 is 11.7 Å². The molecule has 102 valence electrons. The zero-order valence-electron chi connectivity index (χ0n) is 10.6. The van der Waals surface area contributed by atoms with Crippen molar-refractivity contribution < 1.29 is 14.0 Å². The summed E-state index contributed by atoms with van der Waals surface area (Å²) in [7, 11) is 0. The fourth-order valence-electron chi connectivity index (χ4n) is 1.81. The summed E-state index contributed by atoms with van der Waals surface area (Å²) in [6, 6.07) is 3.93. The van der Waals surface area contributed by atoms with E-state index in [1.807, 2.05) is 0 Å². The standard InChI is InChI=1S/C13H16FN3O2/c1-8(18)17-10-2-3-12(14)11(4-10)13(19)16-7-9-5-15-6-9/h2-4,9,15H,5-7H2,1H3,(H,16,19)(H,17,18). The molecule has 19 heavy (non-hydrogen) atoms. The van der Waals surface area contributed by atoms with Gasteiger partial charge in [0, 0.05) is 38.2 Å². The lowest BCUT2D eigenvalue weighted by Gasteiger charge is -2.27. The highest BCUT2D eigenvalue weighted by Gasteiger charge is 2.19. The van der Waals surface area contributed by atoms with Crippen molar-refractivity contribution in [2.75, 3.05) is 25.0 Å². The Balaban J connectivity index is 2.03. The summed E-state index contributed by atoms with van der Waals surface area (Å²) < 4.78 is 13.6. The van der Waals surface area contributed by atoms with E-state index >= 15 is 0 Å². The molecular weight excluding hydrogens is 249 g/mol. The first-order chi connectivity index (χ1) is 9.06. The number of hydrogen-bond donors (Lipinski definition) is 3. The van der Waals surface area contributed by atoms with Gasteiger partial charge in [-0.05, 0) is 18.2 Å². The Kier molecular flexibility index (Phi) is 4.11. The number of nitrogens with one attached hydrogen (secondary N) is 3. The average molecular weight is 265 g/mol. The quantitative estimate of drug-likeness (QED) is 0.751. The predicted molar refractivity (Wildman–Crippen MR) is 69.4 cm³/mol. The zero-order chi connectivity index (χ0) is 13.8. The molecule has 0 aromatic heterocycles. The maximum atomic E-state index is 13.6. The molecule has 0 spiro atoms. The van der Waals surface area contributed by atoms with Gasteiger partial charge in [-0.3, -0.25) is 9.59 Å². The van der Waals surface area contributed by atoms with E-state index in [-0.39, 0.29) is 11.5 Å². The van der Waals surface area contributed by atoms with Gasteiger partial charge in [-0.15, -0.1) is 0 Å². The van der Waals surface area contributed by atoms with Gasteiger partial charge in [0.25, 0.3) is 5.91 Å². The summed E-state index contributed by atoms with van der Waals surface area (Å²) >= 11 is 0. The van der Waals surface area contributed by atoms with E-state index in [0.717, 1.165) is 13.1 Å². The first-order valence-corrected chi connectivity index (χ1v) is 6.12. The fourth-order valence-corrected chi connectivity index (χ4v) is 1.81. The van der Waals surface area contributed by atoms with E-state index in [9.17, 15) is 14.0 Å². The van der Waals surface area contributed by atoms with Crippen LogP contribution in [-0.2, 0) is 4.79 Å². The van der Waals surface area contributed by atoms with Crippen molar-refractivity contribution in [3.63, 3.8) is 0 Å². The van der Waals surface area contributed by atoms with Crippen LogP contribution in [0.15, 0.2) is 18.2 Å². The fraction of sp³-hybridized carbons (Fsp3) is 0.385. The summed E-state index contributed by atoms with van der Waals surface area (Å²) in [5.41, 5.74) is 0.350. The van der Waals surface area contributed by atoms with Gasteiger partial charge >= 0.3 is 0 Å². The maximum Gasteiger partial charge on any atom is 0.254 e. The molecule has 1 aromatic carbocycles. The van der Waals surface area contributed by atoms with Crippen LogP contribution in [-0.4, -0.2) is 31.4 Å². The van der Waals surface area contributed by atoms with Crippen LogP contribution in [0.25, 0.3) is 0 Å². The molecular formula is C13H16FN3O2. The van der Waals surface area contributed by atoms with Crippen LogP contribution in [0.5, 0.6) is 0 Å². The highest BCUT2D eigenvalue weighted by Crippen LogP contribution is 2.15. The molecule has 1 aliphatic heterocycles. The number of carbonyl (C=O) groups is 2. The van der Waals surface area contributed by atoms with Gasteiger partial charge in [0.05, 0.1) is 5.56 Å². The third-order valence-electron chi connectivity index (χ3n) is 2.95. The predicted octanol–water partition coefficient (Wildman–Crippen LogP) is 0.733. The minimum Gasteiger partial charge on any atom is -0.352 e. The molecule has 2 rings (SSSR count). The number of carbonyl (C=O) groups excluding carboxylic acids is 2. The van der Waals surface area contributed by atoms with E-state index in [1.165, 1.54) is 25.1 Å². The lowest BCUT2D eigenvalue weighted by Crippen LogP contribution is -2.48. The molecule has 0 bridgehead atoms. The second-order valence-electron chi connectivity index (χ2n) is 4.61. The molecule has 5 nitrogen and oxygen atoms in total. The van der Waals surface area contributed by atoms with Crippen LogP contribution >= 0.6 is 0 Å². The van der Waals surface area contributed by atoms with E-state index in [4.69, 9.17) is 0 Å². The topological polar surface area (TPSA) is 70.2 Å². The average Bonchev–Trinajstić information content (AvgIpc) is 2.28. The van der Waals surface area contributed by atoms with Crippen molar-refractivity contribution in [1.29, 1.82) is 0 Å². The summed E-state index contributed by atoms with van der Waals surface area (Å²) in [5, 5.41) is 8.30. The van der Waals surface area contributed by atoms with Gasteiger partial charge in [-0.2, -0.15) is 0 Å². The van der Waals surface area contributed by atoms with Crippen LogP contribution in [0.2, 0.25) is 0 Å². The summed E-state index contributed by atoms with van der Waals surface area (Å²) in [6.45, 7) is 3.62. The molecule has 0 saturated carbocycles. The third-order valence-corrected chi connectivity index (χ3v) is 2.95. The van der Waals surface area contributed by atoms with Gasteiger partial charge in [0.1, 0.15) is 5.82 Å². The van der Waals surface area contributed by atoms with Gasteiger partial charge < -0.3 is 16.0 Å². The molecule has 1 aliphatic rings. The smallest absolute Gasteiger partial charge is 0.254 e. The van der Waals surface area contributed by atoms with E-state index in [2.05, 4.69) is 16.0 Å². The van der Waals surface area contributed by atoms with Crippen molar-refractivity contribution in [2.24, 2.45) is 5.92 Å². The second kappa shape index (κ2) is 5.79. The van der Waals surface area contributed by atoms with Gasteiger partial charge in [-0.25, -0.2) is 4.39 Å². The van der Waals surface area contributed by atoms with Crippen molar-refractivity contribution in [3.8, 4) is 0 Å². The van der Waals surface area contributed by atoms with Crippen LogP contribution in [0.4, 0.5) is 10.1 Å². The lowest BCUT2D eigenvalue weighted by atomic mass is 10.0. The number of hydrogen-bond acceptors (Lipinski definition) is 3. The molecule has 0 aliphatic carbocycles. The first-order valence-electron chi connectivity index (χ1n) is 6.12. The van der Waals surface area contributed by atoms with Crippen LogP contribution in [0, 0.1) is 11.7 Å². The highest BCUT2D eigenvalue weighted by atomic mass is 19.1. The maximum absolute atomic E-state index is 13.6. The van der Waals surface area contributed by atoms with E-state index in [0.29, 0.717) is 18.2 Å². The van der Waals surface area contributed by atoms with Crippen LogP contribution in [0.1, 0.15) is 17.3 Å². The minimum atomic E-state index is -0.599. The molecule has 1 heterocycles. The molecule has 0 atom stereocenters. The first kappa shape index (κ1) is 13.5. The molecule has 2 amide bonds. The van der Waals surface area contributed by atoms with Crippen molar-refractivity contribution >= 4 is 17.5 Å².